The van der Waals surface area contributed by atoms with E-state index >= 15 is 0 Å². The summed E-state index contributed by atoms with van der Waals surface area (Å²) in [6.07, 6.45) is 1.78. The highest BCUT2D eigenvalue weighted by Crippen LogP contribution is 2.30. The molecule has 0 radical (unpaired) electrons. The molecule has 62 valence electrons. The van der Waals surface area contributed by atoms with E-state index < -0.39 is 5.54 Å². The summed E-state index contributed by atoms with van der Waals surface area (Å²) in [6, 6.07) is 3.70. The van der Waals surface area contributed by atoms with E-state index in [4.69, 9.17) is 16.3 Å². The Kier molecular flexibility index (Phi) is 6.92. The molecule has 4 N–H and O–H groups in total. The predicted molar refractivity (Wildman–Crippen MR) is 43.7 cm³/mol. The molecule has 11 heavy (non-hydrogen) atoms. The molecule has 4 nitrogen and oxygen atoms in total. The summed E-state index contributed by atoms with van der Waals surface area (Å²) >= 11 is 0. The molecule has 0 saturated heterocycles. The van der Waals surface area contributed by atoms with E-state index in [9.17, 15) is 0 Å². The Labute approximate surface area is 72.2 Å². The minimum absolute atomic E-state index is 0. The Morgan fingerprint density at radius 2 is 1.73 bits per heavy atom. The lowest BCUT2D eigenvalue weighted by Crippen LogP contribution is -2.17. The first-order valence-electron chi connectivity index (χ1n) is 2.95. The van der Waals surface area contributed by atoms with Crippen LogP contribution in [0.4, 0.5) is 0 Å². The molecule has 0 atom stereocenters. The lowest BCUT2D eigenvalue weighted by molar-refractivity contribution is 0.872. The molecule has 0 aliphatic heterocycles. The second-order valence-electron chi connectivity index (χ2n) is 2.13. The fraction of sp³-hybridized carbons (Fsp3) is 0.667. The van der Waals surface area contributed by atoms with Crippen molar-refractivity contribution in [1.82, 2.24) is 0 Å². The number of nitrogens with zero attached hydrogens (tertiary/aromatic N) is 2. The highest BCUT2D eigenvalue weighted by molar-refractivity contribution is 5.85. The van der Waals surface area contributed by atoms with Crippen LogP contribution in [0.25, 0.3) is 0 Å². The molecule has 1 aliphatic rings. The number of nitriles is 2. The quantitative estimate of drug-likeness (QED) is 0.501. The Hall–Kier alpha value is -0.810. The van der Waals surface area contributed by atoms with Gasteiger partial charge < -0.3 is 11.5 Å². The lowest BCUT2D eigenvalue weighted by atomic mass is 10.4. The van der Waals surface area contributed by atoms with Gasteiger partial charge in [0.25, 0.3) is 0 Å². The molecule has 0 bridgehead atoms. The summed E-state index contributed by atoms with van der Waals surface area (Å²) in [6.45, 7) is 0.125. The first-order chi connectivity index (χ1) is 4.68. The van der Waals surface area contributed by atoms with Gasteiger partial charge in [0.2, 0.25) is 0 Å². The van der Waals surface area contributed by atoms with Crippen molar-refractivity contribution in [2.75, 3.05) is 6.54 Å². The standard InChI is InChI=1S/C4H6N2.C2H4N2.ClH/c5-3-4(6)1-2-4;3-1-2-4;/h1-2,6H2;1,3H2;1H. The zero-order valence-electron chi connectivity index (χ0n) is 6.08. The van der Waals surface area contributed by atoms with Crippen LogP contribution in [0.1, 0.15) is 12.8 Å². The third-order valence-electron chi connectivity index (χ3n) is 1.10. The molecule has 5 heteroatoms. The van der Waals surface area contributed by atoms with Gasteiger partial charge in [0.05, 0.1) is 18.7 Å². The van der Waals surface area contributed by atoms with Gasteiger partial charge in [-0.05, 0) is 12.8 Å². The molecule has 0 aromatic carbocycles. The summed E-state index contributed by atoms with van der Waals surface area (Å²) in [5.74, 6) is 0. The molecule has 0 heterocycles. The van der Waals surface area contributed by atoms with Crippen LogP contribution in [0.15, 0.2) is 0 Å². The third kappa shape index (κ3) is 7.08. The molecule has 1 saturated carbocycles. The van der Waals surface area contributed by atoms with Crippen molar-refractivity contribution in [2.24, 2.45) is 11.5 Å². The average Bonchev–Trinajstić information content (AvgIpc) is 2.70. The maximum absolute atomic E-state index is 8.09. The van der Waals surface area contributed by atoms with E-state index in [2.05, 4.69) is 5.73 Å². The molecule has 1 fully saturated rings. The Morgan fingerprint density at radius 3 is 1.73 bits per heavy atom. The van der Waals surface area contributed by atoms with Crippen LogP contribution in [-0.2, 0) is 0 Å². The van der Waals surface area contributed by atoms with Gasteiger partial charge >= 0.3 is 0 Å². The number of hydrogen-bond donors (Lipinski definition) is 2. The normalized spacial score (nSPS) is 15.6. The van der Waals surface area contributed by atoms with E-state index in [1.807, 2.05) is 6.07 Å². The maximum Gasteiger partial charge on any atom is 0.104 e. The van der Waals surface area contributed by atoms with E-state index in [1.54, 1.807) is 6.07 Å². The zero-order valence-corrected chi connectivity index (χ0v) is 6.90. The van der Waals surface area contributed by atoms with Crippen molar-refractivity contribution in [3.8, 4) is 12.1 Å². The van der Waals surface area contributed by atoms with E-state index in [1.165, 1.54) is 0 Å². The molecule has 0 amide bonds. The third-order valence-corrected chi connectivity index (χ3v) is 1.10. The summed E-state index contributed by atoms with van der Waals surface area (Å²) in [7, 11) is 0. The van der Waals surface area contributed by atoms with Crippen molar-refractivity contribution in [3.63, 3.8) is 0 Å². The van der Waals surface area contributed by atoms with E-state index in [-0.39, 0.29) is 19.0 Å². The molecular formula is C6H11ClN4. The fourth-order valence-electron chi connectivity index (χ4n) is 0.246. The highest BCUT2D eigenvalue weighted by atomic mass is 35.5. The molecule has 0 spiro atoms. The fourth-order valence-corrected chi connectivity index (χ4v) is 0.246. The van der Waals surface area contributed by atoms with Gasteiger partial charge in [0.15, 0.2) is 0 Å². The van der Waals surface area contributed by atoms with Crippen LogP contribution in [0.3, 0.4) is 0 Å². The van der Waals surface area contributed by atoms with Crippen LogP contribution in [-0.4, -0.2) is 12.1 Å². The summed E-state index contributed by atoms with van der Waals surface area (Å²) in [5, 5.41) is 15.6. The van der Waals surface area contributed by atoms with Crippen LogP contribution < -0.4 is 11.5 Å². The maximum atomic E-state index is 8.09. The molecule has 1 aliphatic carbocycles. The van der Waals surface area contributed by atoms with Crippen molar-refractivity contribution >= 4 is 12.4 Å². The van der Waals surface area contributed by atoms with Crippen LogP contribution in [0, 0.1) is 22.7 Å². The first kappa shape index (κ1) is 12.8. The second-order valence-corrected chi connectivity index (χ2v) is 2.13. The van der Waals surface area contributed by atoms with Gasteiger partial charge in [-0.3, -0.25) is 0 Å². The number of rotatable bonds is 0. The average molecular weight is 175 g/mol. The predicted octanol–water partition coefficient (Wildman–Crippen LogP) is -0.108. The van der Waals surface area contributed by atoms with Crippen LogP contribution in [0.5, 0.6) is 0 Å². The van der Waals surface area contributed by atoms with Crippen molar-refractivity contribution in [1.29, 1.82) is 10.5 Å². The van der Waals surface area contributed by atoms with Crippen molar-refractivity contribution in [2.45, 2.75) is 18.4 Å². The van der Waals surface area contributed by atoms with Crippen molar-refractivity contribution < 1.29 is 0 Å². The minimum atomic E-state index is -0.403. The van der Waals surface area contributed by atoms with Gasteiger partial charge in [0, 0.05) is 0 Å². The van der Waals surface area contributed by atoms with Crippen molar-refractivity contribution in [3.05, 3.63) is 0 Å². The topological polar surface area (TPSA) is 99.6 Å². The van der Waals surface area contributed by atoms with Gasteiger partial charge in [-0.1, -0.05) is 0 Å². The lowest BCUT2D eigenvalue weighted by Gasteiger charge is -1.84. The minimum Gasteiger partial charge on any atom is -0.318 e. The number of nitrogens with two attached hydrogens (primary N) is 2. The molecule has 0 aromatic heterocycles. The first-order valence-corrected chi connectivity index (χ1v) is 2.95. The molecule has 0 unspecified atom stereocenters. The summed E-state index contributed by atoms with van der Waals surface area (Å²) < 4.78 is 0. The van der Waals surface area contributed by atoms with Gasteiger partial charge in [-0.15, -0.1) is 12.4 Å². The summed E-state index contributed by atoms with van der Waals surface area (Å²) in [4.78, 5) is 0. The van der Waals surface area contributed by atoms with Gasteiger partial charge in [0.1, 0.15) is 5.54 Å². The van der Waals surface area contributed by atoms with Crippen LogP contribution >= 0.6 is 12.4 Å². The van der Waals surface area contributed by atoms with Gasteiger partial charge in [-0.2, -0.15) is 10.5 Å². The second kappa shape index (κ2) is 5.94. The summed E-state index contributed by atoms with van der Waals surface area (Å²) in [5.41, 5.74) is 9.55. The zero-order chi connectivity index (χ0) is 8.04. The molecule has 1 rings (SSSR count). The Morgan fingerprint density at radius 1 is 1.36 bits per heavy atom. The number of halogens is 1. The molecular weight excluding hydrogens is 164 g/mol. The largest absolute Gasteiger partial charge is 0.318 e. The smallest absolute Gasteiger partial charge is 0.104 e. The molecule has 0 aromatic rings. The van der Waals surface area contributed by atoms with Gasteiger partial charge in [-0.25, -0.2) is 0 Å². The number of hydrogen-bond acceptors (Lipinski definition) is 4. The Bertz CT molecular complexity index is 174. The van der Waals surface area contributed by atoms with E-state index in [0.29, 0.717) is 0 Å². The monoisotopic (exact) mass is 174 g/mol. The SMILES string of the molecule is Cl.N#CC1(N)CC1.N#CCN. The highest BCUT2D eigenvalue weighted by Gasteiger charge is 2.38. The van der Waals surface area contributed by atoms with Crippen LogP contribution in [0.2, 0.25) is 0 Å². The Balaban J connectivity index is 0. The van der Waals surface area contributed by atoms with E-state index in [0.717, 1.165) is 12.8 Å².